The lowest BCUT2D eigenvalue weighted by Crippen LogP contribution is -2.55. The Morgan fingerprint density at radius 3 is 1.55 bits per heavy atom. The number of rotatable bonds is 11. The van der Waals surface area contributed by atoms with E-state index in [0.29, 0.717) is 38.1 Å². The third kappa shape index (κ3) is 9.37. The summed E-state index contributed by atoms with van der Waals surface area (Å²) in [5.41, 5.74) is 5.79. The minimum Gasteiger partial charge on any atom is -0.453 e. The van der Waals surface area contributed by atoms with Gasteiger partial charge in [0.1, 0.15) is 23.7 Å². The number of methoxy groups -OCH3 is 2. The van der Waals surface area contributed by atoms with Crippen LogP contribution in [0.2, 0.25) is 0 Å². The predicted octanol–water partition coefficient (Wildman–Crippen LogP) is 7.32. The van der Waals surface area contributed by atoms with Crippen LogP contribution in [0.3, 0.4) is 0 Å². The van der Waals surface area contributed by atoms with Gasteiger partial charge in [-0.25, -0.2) is 19.6 Å². The molecule has 2 aromatic heterocycles. The molecule has 1 aliphatic carbocycles. The van der Waals surface area contributed by atoms with Crippen molar-refractivity contribution in [3.05, 3.63) is 72.6 Å². The number of alkyl carbamates (subject to hydrolysis) is 2. The quantitative estimate of drug-likeness (QED) is 0.119. The molecule has 0 radical (unpaired) electrons. The Morgan fingerprint density at radius 2 is 1.08 bits per heavy atom. The van der Waals surface area contributed by atoms with Crippen LogP contribution in [0.25, 0.3) is 33.6 Å². The Morgan fingerprint density at radius 1 is 0.631 bits per heavy atom. The molecule has 4 amide bonds. The SMILES string of the molecule is COC(=O)N[C@H](C(=O)N1CCC[C@H]1c1ncc(-c2ccc(-c3ccc(-c4cnc([C@@H]5CC6CC6N5C(=O)[C@@H](NC(=O)OC)C5C[C@@H](C)O[C@H](C)C5)[nH]4)cc3)cc2)[nH]1)C1C[C@@H](C)O[C@H](C)C1. The Kier molecular flexibility index (Phi) is 12.7. The Hall–Kier alpha value is -5.74. The van der Waals surface area contributed by atoms with Crippen LogP contribution in [0.5, 0.6) is 0 Å². The second kappa shape index (κ2) is 18.6. The lowest BCUT2D eigenvalue weighted by atomic mass is 9.85. The van der Waals surface area contributed by atoms with E-state index in [1.54, 1.807) is 0 Å². The van der Waals surface area contributed by atoms with E-state index in [1.807, 2.05) is 49.9 Å². The second-order valence-corrected chi connectivity index (χ2v) is 19.0. The Balaban J connectivity index is 0.857. The van der Waals surface area contributed by atoms with Gasteiger partial charge >= 0.3 is 12.2 Å². The maximum Gasteiger partial charge on any atom is 0.407 e. The van der Waals surface area contributed by atoms with Gasteiger partial charge in [0.25, 0.3) is 0 Å². The number of H-pyrrole nitrogens is 2. The van der Waals surface area contributed by atoms with Gasteiger partial charge in [-0.05, 0) is 119 Å². The van der Waals surface area contributed by atoms with Crippen molar-refractivity contribution in [2.75, 3.05) is 20.8 Å². The number of hydrogen-bond donors (Lipinski definition) is 4. The predicted molar refractivity (Wildman–Crippen MR) is 241 cm³/mol. The molecule has 2 unspecified atom stereocenters. The maximum absolute atomic E-state index is 14.4. The van der Waals surface area contributed by atoms with Crippen molar-refractivity contribution < 1.29 is 38.1 Å². The summed E-state index contributed by atoms with van der Waals surface area (Å²) in [4.78, 5) is 74.0. The van der Waals surface area contributed by atoms with Crippen LogP contribution in [0, 0.1) is 17.8 Å². The van der Waals surface area contributed by atoms with Gasteiger partial charge in [0.15, 0.2) is 0 Å². The monoisotopic (exact) mass is 890 g/mol. The van der Waals surface area contributed by atoms with Gasteiger partial charge in [0.2, 0.25) is 11.8 Å². The fourth-order valence-corrected chi connectivity index (χ4v) is 11.3. The van der Waals surface area contributed by atoms with Crippen molar-refractivity contribution in [1.82, 2.24) is 40.4 Å². The molecule has 9 rings (SSSR count). The molecular formula is C49H62N8O8. The van der Waals surface area contributed by atoms with Crippen LogP contribution in [-0.4, -0.2) is 117 Å². The highest BCUT2D eigenvalue weighted by Crippen LogP contribution is 2.53. The normalized spacial score (nSPS) is 29.4. The summed E-state index contributed by atoms with van der Waals surface area (Å²) in [7, 11) is 2.64. The lowest BCUT2D eigenvalue weighted by Gasteiger charge is -2.38. The molecule has 4 saturated heterocycles. The number of nitrogens with zero attached hydrogens (tertiary/aromatic N) is 4. The minimum absolute atomic E-state index is 0.0130. The second-order valence-electron chi connectivity index (χ2n) is 19.0. The van der Waals surface area contributed by atoms with Crippen molar-refractivity contribution in [3.8, 4) is 33.6 Å². The summed E-state index contributed by atoms with van der Waals surface area (Å²) < 4.78 is 21.8. The molecule has 4 aromatic rings. The van der Waals surface area contributed by atoms with Gasteiger partial charge in [0.05, 0.1) is 74.5 Å². The van der Waals surface area contributed by atoms with E-state index in [9.17, 15) is 19.2 Å². The number of piperidine rings is 1. The molecule has 1 saturated carbocycles. The van der Waals surface area contributed by atoms with Gasteiger partial charge < -0.3 is 49.3 Å². The van der Waals surface area contributed by atoms with E-state index >= 15 is 0 Å². The topological polar surface area (TPSA) is 193 Å². The van der Waals surface area contributed by atoms with Crippen molar-refractivity contribution >= 4 is 24.0 Å². The molecule has 16 nitrogen and oxygen atoms in total. The third-order valence-corrected chi connectivity index (χ3v) is 14.3. The van der Waals surface area contributed by atoms with Crippen LogP contribution in [0.15, 0.2) is 60.9 Å². The van der Waals surface area contributed by atoms with Gasteiger partial charge in [-0.15, -0.1) is 0 Å². The van der Waals surface area contributed by atoms with Gasteiger partial charge in [-0.2, -0.15) is 0 Å². The molecule has 346 valence electrons. The van der Waals surface area contributed by atoms with E-state index in [-0.39, 0.29) is 66.2 Å². The highest BCUT2D eigenvalue weighted by atomic mass is 16.5. The van der Waals surface area contributed by atoms with Crippen LogP contribution in [0.1, 0.15) is 103 Å². The number of carbonyl (C=O) groups excluding carboxylic acids is 4. The first-order valence-corrected chi connectivity index (χ1v) is 23.3. The van der Waals surface area contributed by atoms with Crippen molar-refractivity contribution in [2.24, 2.45) is 17.8 Å². The highest BCUT2D eigenvalue weighted by molar-refractivity contribution is 5.88. The van der Waals surface area contributed by atoms with Gasteiger partial charge in [-0.1, -0.05) is 48.5 Å². The fourth-order valence-electron chi connectivity index (χ4n) is 11.3. The summed E-state index contributed by atoms with van der Waals surface area (Å²) in [6.45, 7) is 8.62. The number of nitrogens with one attached hydrogen (secondary N) is 4. The summed E-state index contributed by atoms with van der Waals surface area (Å²) >= 11 is 0. The number of amides is 4. The Labute approximate surface area is 379 Å². The number of aromatic nitrogens is 4. The van der Waals surface area contributed by atoms with E-state index in [4.69, 9.17) is 28.9 Å². The third-order valence-electron chi connectivity index (χ3n) is 14.3. The molecule has 0 spiro atoms. The number of imidazole rings is 2. The summed E-state index contributed by atoms with van der Waals surface area (Å²) in [6.07, 6.45) is 8.45. The van der Waals surface area contributed by atoms with E-state index in [0.717, 1.165) is 71.0 Å². The van der Waals surface area contributed by atoms with Crippen molar-refractivity contribution in [1.29, 1.82) is 0 Å². The zero-order valence-electron chi connectivity index (χ0n) is 38.1. The molecule has 10 atom stereocenters. The largest absolute Gasteiger partial charge is 0.453 e. The zero-order chi connectivity index (χ0) is 45.5. The molecule has 4 N–H and O–H groups in total. The lowest BCUT2D eigenvalue weighted by molar-refractivity contribution is -0.140. The fraction of sp³-hybridized carbons (Fsp3) is 0.551. The molecule has 4 aliphatic heterocycles. The van der Waals surface area contributed by atoms with Crippen molar-refractivity contribution in [3.63, 3.8) is 0 Å². The molecule has 16 heteroatoms. The first-order valence-electron chi connectivity index (χ1n) is 23.3. The molecule has 5 fully saturated rings. The molecule has 2 aromatic carbocycles. The smallest absolute Gasteiger partial charge is 0.407 e. The number of carbonyl (C=O) groups is 4. The molecule has 0 bridgehead atoms. The number of benzene rings is 2. The summed E-state index contributed by atoms with van der Waals surface area (Å²) in [5, 5.41) is 5.75. The van der Waals surface area contributed by atoms with Gasteiger partial charge in [-0.3, -0.25) is 9.59 Å². The maximum atomic E-state index is 14.4. The standard InChI is InChI=1S/C49H62N8O8/c1-26-18-35(19-27(2)64-26)42(54-48(60)62-5)46(58)56-17-7-8-39(56)44-50-24-37(52-44)32-13-9-30(10-14-32)31-11-15-33(16-12-31)38-25-51-45(53-38)41-23-34-22-40(34)57(41)47(59)43(55-49(61)63-6)36-20-28(3)65-29(4)21-36/h9-16,24-29,34-36,39-43H,7-8,17-23H2,1-6H3,(H,50,52)(H,51,53)(H,54,60)(H,55,61)/t26-,27-,28-,29-,34?,39+,40?,41+,42+,43+/m1/s1. The van der Waals surface area contributed by atoms with E-state index < -0.39 is 24.3 Å². The molecule has 6 heterocycles. The first-order chi connectivity index (χ1) is 31.4. The van der Waals surface area contributed by atoms with E-state index in [1.165, 1.54) is 14.2 Å². The first kappa shape index (κ1) is 44.5. The number of fused-ring (bicyclic) bond motifs is 1. The molecular weight excluding hydrogens is 829 g/mol. The van der Waals surface area contributed by atoms with Crippen LogP contribution in [-0.2, 0) is 28.5 Å². The van der Waals surface area contributed by atoms with Crippen molar-refractivity contribution in [2.45, 2.75) is 134 Å². The van der Waals surface area contributed by atoms with Gasteiger partial charge in [0, 0.05) is 12.6 Å². The summed E-state index contributed by atoms with van der Waals surface area (Å²) in [5.74, 6) is 1.54. The number of ether oxygens (including phenoxy) is 4. The number of likely N-dealkylation sites (tertiary alicyclic amines) is 2. The average molecular weight is 891 g/mol. The number of aromatic amines is 2. The number of hydrogen-bond acceptors (Lipinski definition) is 10. The van der Waals surface area contributed by atoms with E-state index in [2.05, 4.69) is 69.1 Å². The average Bonchev–Trinajstić information content (AvgIpc) is 3.84. The van der Waals surface area contributed by atoms with Crippen LogP contribution < -0.4 is 10.6 Å². The molecule has 5 aliphatic rings. The minimum atomic E-state index is -0.719. The molecule has 65 heavy (non-hydrogen) atoms. The summed E-state index contributed by atoms with van der Waals surface area (Å²) in [6, 6.07) is 14.9. The highest BCUT2D eigenvalue weighted by Gasteiger charge is 2.57. The van der Waals surface area contributed by atoms with Crippen LogP contribution in [0.4, 0.5) is 9.59 Å². The Bertz CT molecular complexity index is 2330. The van der Waals surface area contributed by atoms with Crippen LogP contribution >= 0.6 is 0 Å². The zero-order valence-corrected chi connectivity index (χ0v) is 38.1.